The molecule has 0 aliphatic heterocycles. The number of nitrogens with two attached hydrogens (primary N) is 1. The van der Waals surface area contributed by atoms with E-state index in [4.69, 9.17) is 5.73 Å². The minimum atomic E-state index is -0.434. The molecule has 3 N–H and O–H groups in total. The highest BCUT2D eigenvalue weighted by Gasteiger charge is 2.26. The first-order chi connectivity index (χ1) is 7.40. The lowest BCUT2D eigenvalue weighted by Gasteiger charge is -2.23. The zero-order valence-electron chi connectivity index (χ0n) is 9.29. The lowest BCUT2D eigenvalue weighted by molar-refractivity contribution is -0.120. The standard InChI is InChI=1S/C9H14Br2N4O/c1-4(6(13-3)9(12)16)15-5(2)14-7(10)8(15)11/h4,6,13H,1-3H3,(H2,12,16). The van der Waals surface area contributed by atoms with Crippen LogP contribution in [0.3, 0.4) is 0 Å². The number of primary amides is 1. The summed E-state index contributed by atoms with van der Waals surface area (Å²) in [4.78, 5) is 15.5. The fourth-order valence-corrected chi connectivity index (χ4v) is 2.84. The Bertz CT molecular complexity index is 404. The lowest BCUT2D eigenvalue weighted by atomic mass is 10.1. The number of imidazole rings is 1. The summed E-state index contributed by atoms with van der Waals surface area (Å²) >= 11 is 6.75. The Morgan fingerprint density at radius 3 is 2.44 bits per heavy atom. The molecule has 0 bridgehead atoms. The Balaban J connectivity index is 3.12. The number of aryl methyl sites for hydroxylation is 1. The van der Waals surface area contributed by atoms with Gasteiger partial charge in [0.2, 0.25) is 5.91 Å². The molecule has 16 heavy (non-hydrogen) atoms. The molecule has 0 saturated heterocycles. The van der Waals surface area contributed by atoms with Gasteiger partial charge in [-0.1, -0.05) is 0 Å². The highest BCUT2D eigenvalue weighted by molar-refractivity contribution is 9.13. The maximum atomic E-state index is 11.3. The first kappa shape index (κ1) is 13.7. The molecule has 5 nitrogen and oxygen atoms in total. The molecule has 90 valence electrons. The average molecular weight is 354 g/mol. The molecular formula is C9H14Br2N4O. The van der Waals surface area contributed by atoms with Crippen molar-refractivity contribution in [3.63, 3.8) is 0 Å². The van der Waals surface area contributed by atoms with Gasteiger partial charge in [-0.05, 0) is 52.8 Å². The van der Waals surface area contributed by atoms with Crippen molar-refractivity contribution < 1.29 is 4.79 Å². The number of rotatable bonds is 4. The molecular weight excluding hydrogens is 340 g/mol. The van der Waals surface area contributed by atoms with Crippen LogP contribution in [0.4, 0.5) is 0 Å². The molecule has 0 saturated carbocycles. The SMILES string of the molecule is CNC(C(N)=O)C(C)n1c(C)nc(Br)c1Br. The second-order valence-electron chi connectivity index (χ2n) is 3.52. The molecule has 1 amide bonds. The Morgan fingerprint density at radius 1 is 1.56 bits per heavy atom. The third kappa shape index (κ3) is 2.46. The largest absolute Gasteiger partial charge is 0.368 e. The van der Waals surface area contributed by atoms with Crippen molar-refractivity contribution >= 4 is 37.8 Å². The monoisotopic (exact) mass is 352 g/mol. The number of nitrogens with one attached hydrogen (secondary N) is 1. The number of nitrogens with zero attached hydrogens (tertiary/aromatic N) is 2. The summed E-state index contributed by atoms with van der Waals surface area (Å²) in [7, 11) is 1.71. The van der Waals surface area contributed by atoms with Crippen LogP contribution in [0.15, 0.2) is 9.21 Å². The van der Waals surface area contributed by atoms with Gasteiger partial charge < -0.3 is 15.6 Å². The van der Waals surface area contributed by atoms with Gasteiger partial charge in [-0.2, -0.15) is 0 Å². The Morgan fingerprint density at radius 2 is 2.12 bits per heavy atom. The smallest absolute Gasteiger partial charge is 0.236 e. The molecule has 1 rings (SSSR count). The van der Waals surface area contributed by atoms with Crippen LogP contribution in [0.5, 0.6) is 0 Å². The van der Waals surface area contributed by atoms with Gasteiger partial charge in [-0.15, -0.1) is 0 Å². The minimum absolute atomic E-state index is 0.115. The van der Waals surface area contributed by atoms with E-state index in [1.807, 2.05) is 18.4 Å². The summed E-state index contributed by atoms with van der Waals surface area (Å²) in [6.45, 7) is 3.79. The predicted octanol–water partition coefficient (Wildman–Crippen LogP) is 1.35. The van der Waals surface area contributed by atoms with Crippen molar-refractivity contribution in [3.8, 4) is 0 Å². The number of carbonyl (C=O) groups is 1. The topological polar surface area (TPSA) is 72.9 Å². The van der Waals surface area contributed by atoms with E-state index in [0.717, 1.165) is 15.0 Å². The Hall–Kier alpha value is -0.400. The van der Waals surface area contributed by atoms with E-state index in [1.165, 1.54) is 0 Å². The van der Waals surface area contributed by atoms with Crippen LogP contribution in [0, 0.1) is 6.92 Å². The van der Waals surface area contributed by atoms with Gasteiger partial charge in [0, 0.05) is 0 Å². The summed E-state index contributed by atoms with van der Waals surface area (Å²) in [5.41, 5.74) is 5.33. The van der Waals surface area contributed by atoms with Crippen molar-refractivity contribution in [2.24, 2.45) is 5.73 Å². The molecule has 2 unspecified atom stereocenters. The van der Waals surface area contributed by atoms with Crippen LogP contribution < -0.4 is 11.1 Å². The number of amides is 1. The van der Waals surface area contributed by atoms with Crippen LogP contribution in [0.2, 0.25) is 0 Å². The molecule has 1 heterocycles. The molecule has 1 aromatic rings. The number of hydrogen-bond donors (Lipinski definition) is 2. The molecule has 0 aromatic carbocycles. The maximum absolute atomic E-state index is 11.3. The summed E-state index contributed by atoms with van der Waals surface area (Å²) in [6, 6.07) is -0.549. The fraction of sp³-hybridized carbons (Fsp3) is 0.556. The zero-order valence-corrected chi connectivity index (χ0v) is 12.5. The molecule has 1 aromatic heterocycles. The van der Waals surface area contributed by atoms with Crippen molar-refractivity contribution in [2.45, 2.75) is 25.9 Å². The number of carbonyl (C=O) groups excluding carboxylic acids is 1. The van der Waals surface area contributed by atoms with Crippen LogP contribution in [0.1, 0.15) is 18.8 Å². The summed E-state index contributed by atoms with van der Waals surface area (Å²) in [5.74, 6) is 0.430. The highest BCUT2D eigenvalue weighted by atomic mass is 79.9. The molecule has 0 spiro atoms. The van der Waals surface area contributed by atoms with Gasteiger partial charge in [-0.3, -0.25) is 4.79 Å². The molecule has 7 heteroatoms. The average Bonchev–Trinajstić information content (AvgIpc) is 2.41. The number of halogens is 2. The fourth-order valence-electron chi connectivity index (χ4n) is 1.73. The summed E-state index contributed by atoms with van der Waals surface area (Å²) in [5, 5.41) is 2.90. The van der Waals surface area contributed by atoms with E-state index in [9.17, 15) is 4.79 Å². The summed E-state index contributed by atoms with van der Waals surface area (Å²) < 4.78 is 3.44. The van der Waals surface area contributed by atoms with Crippen molar-refractivity contribution in [3.05, 3.63) is 15.0 Å². The van der Waals surface area contributed by atoms with Crippen LogP contribution in [-0.2, 0) is 4.79 Å². The normalized spacial score (nSPS) is 14.8. The Kier molecular flexibility index (Phi) is 4.52. The molecule has 0 aliphatic rings. The van der Waals surface area contributed by atoms with E-state index >= 15 is 0 Å². The van der Waals surface area contributed by atoms with Gasteiger partial charge in [0.1, 0.15) is 21.1 Å². The summed E-state index contributed by atoms with van der Waals surface area (Å²) in [6.07, 6.45) is 0. The van der Waals surface area contributed by atoms with Gasteiger partial charge in [0.25, 0.3) is 0 Å². The van der Waals surface area contributed by atoms with E-state index in [2.05, 4.69) is 42.2 Å². The van der Waals surface area contributed by atoms with Crippen molar-refractivity contribution in [2.75, 3.05) is 7.05 Å². The second kappa shape index (κ2) is 5.29. The first-order valence-electron chi connectivity index (χ1n) is 4.76. The lowest BCUT2D eigenvalue weighted by Crippen LogP contribution is -2.45. The predicted molar refractivity (Wildman–Crippen MR) is 69.1 cm³/mol. The zero-order chi connectivity index (χ0) is 12.5. The third-order valence-electron chi connectivity index (χ3n) is 2.50. The van der Waals surface area contributed by atoms with Gasteiger partial charge >= 0.3 is 0 Å². The number of aromatic nitrogens is 2. The van der Waals surface area contributed by atoms with Crippen LogP contribution in [-0.4, -0.2) is 28.5 Å². The van der Waals surface area contributed by atoms with E-state index in [1.54, 1.807) is 7.05 Å². The second-order valence-corrected chi connectivity index (χ2v) is 5.02. The first-order valence-corrected chi connectivity index (χ1v) is 6.35. The van der Waals surface area contributed by atoms with E-state index < -0.39 is 6.04 Å². The van der Waals surface area contributed by atoms with Crippen molar-refractivity contribution in [1.82, 2.24) is 14.9 Å². The number of hydrogen-bond acceptors (Lipinski definition) is 3. The van der Waals surface area contributed by atoms with Crippen molar-refractivity contribution in [1.29, 1.82) is 0 Å². The highest BCUT2D eigenvalue weighted by Crippen LogP contribution is 2.28. The third-order valence-corrected chi connectivity index (χ3v) is 4.34. The van der Waals surface area contributed by atoms with Crippen LogP contribution in [0.25, 0.3) is 0 Å². The molecule has 0 aliphatic carbocycles. The van der Waals surface area contributed by atoms with E-state index in [-0.39, 0.29) is 11.9 Å². The van der Waals surface area contributed by atoms with Crippen LogP contribution >= 0.6 is 31.9 Å². The van der Waals surface area contributed by atoms with Gasteiger partial charge in [-0.25, -0.2) is 4.98 Å². The minimum Gasteiger partial charge on any atom is -0.368 e. The van der Waals surface area contributed by atoms with Gasteiger partial charge in [0.05, 0.1) is 6.04 Å². The molecule has 2 atom stereocenters. The molecule has 0 radical (unpaired) electrons. The van der Waals surface area contributed by atoms with E-state index in [0.29, 0.717) is 0 Å². The van der Waals surface area contributed by atoms with Gasteiger partial charge in [0.15, 0.2) is 0 Å². The Labute approximate surface area is 111 Å². The number of likely N-dealkylation sites (N-methyl/N-ethyl adjacent to an activating group) is 1. The maximum Gasteiger partial charge on any atom is 0.236 e. The quantitative estimate of drug-likeness (QED) is 0.858. The molecule has 0 fully saturated rings.